The van der Waals surface area contributed by atoms with Gasteiger partial charge in [0, 0.05) is 23.8 Å². The first kappa shape index (κ1) is 14.9. The number of hydrogen-bond donors (Lipinski definition) is 0. The predicted molar refractivity (Wildman–Crippen MR) is 92.0 cm³/mol. The largest absolute Gasteiger partial charge is 0.355 e. The molecule has 0 unspecified atom stereocenters. The lowest BCUT2D eigenvalue weighted by atomic mass is 9.90. The molecule has 1 aromatic heterocycles. The Morgan fingerprint density at radius 3 is 2.57 bits per heavy atom. The summed E-state index contributed by atoms with van der Waals surface area (Å²) in [6.07, 6.45) is 5.39. The van der Waals surface area contributed by atoms with Crippen molar-refractivity contribution in [2.24, 2.45) is 5.92 Å². The zero-order chi connectivity index (χ0) is 14.7. The molecule has 0 amide bonds. The summed E-state index contributed by atoms with van der Waals surface area (Å²) < 4.78 is 0.926. The Hall–Kier alpha value is -1.06. The number of halogens is 2. The zero-order valence-electron chi connectivity index (χ0n) is 11.8. The van der Waals surface area contributed by atoms with Crippen molar-refractivity contribution >= 4 is 33.3 Å². The highest BCUT2D eigenvalue weighted by atomic mass is 79.9. The normalized spacial score (nSPS) is 16.2. The van der Waals surface area contributed by atoms with Crippen LogP contribution in [-0.4, -0.2) is 18.1 Å². The quantitative estimate of drug-likeness (QED) is 0.764. The smallest absolute Gasteiger partial charge is 0.147 e. The second-order valence-corrected chi connectivity index (χ2v) is 6.90. The molecule has 0 bridgehead atoms. The van der Waals surface area contributed by atoms with Crippen LogP contribution in [0.5, 0.6) is 0 Å². The molecule has 2 aromatic rings. The summed E-state index contributed by atoms with van der Waals surface area (Å²) >= 11 is 9.70. The third-order valence-electron chi connectivity index (χ3n) is 4.07. The molecule has 1 fully saturated rings. The highest BCUT2D eigenvalue weighted by molar-refractivity contribution is 9.10. The van der Waals surface area contributed by atoms with Gasteiger partial charge in [-0.25, -0.2) is 4.98 Å². The lowest BCUT2D eigenvalue weighted by Crippen LogP contribution is -2.35. The van der Waals surface area contributed by atoms with Crippen molar-refractivity contribution in [1.29, 1.82) is 0 Å². The monoisotopic (exact) mass is 364 g/mol. The first-order valence-corrected chi connectivity index (χ1v) is 8.49. The van der Waals surface area contributed by atoms with Gasteiger partial charge in [-0.1, -0.05) is 41.9 Å². The molecule has 0 aliphatic carbocycles. The molecule has 0 atom stereocenters. The van der Waals surface area contributed by atoms with Crippen molar-refractivity contribution in [2.45, 2.75) is 19.3 Å². The fourth-order valence-electron chi connectivity index (χ4n) is 2.94. The van der Waals surface area contributed by atoms with Gasteiger partial charge in [-0.2, -0.15) is 0 Å². The Morgan fingerprint density at radius 1 is 1.19 bits per heavy atom. The standard InChI is InChI=1S/C17H18BrClN2/c18-15-11-16(19)17(20-12-15)21-8-6-14(7-9-21)10-13-4-2-1-3-5-13/h1-5,11-12,14H,6-10H2. The SMILES string of the molecule is Clc1cc(Br)cnc1N1CCC(Cc2ccccc2)CC1. The number of benzene rings is 1. The van der Waals surface area contributed by atoms with Crippen LogP contribution in [0, 0.1) is 5.92 Å². The second kappa shape index (κ2) is 6.80. The van der Waals surface area contributed by atoms with Crippen LogP contribution in [0.3, 0.4) is 0 Å². The van der Waals surface area contributed by atoms with Crippen LogP contribution in [0.1, 0.15) is 18.4 Å². The summed E-state index contributed by atoms with van der Waals surface area (Å²) in [4.78, 5) is 6.76. The van der Waals surface area contributed by atoms with Crippen molar-refractivity contribution in [2.75, 3.05) is 18.0 Å². The van der Waals surface area contributed by atoms with E-state index in [4.69, 9.17) is 11.6 Å². The molecule has 0 radical (unpaired) electrons. The van der Waals surface area contributed by atoms with Crippen LogP contribution >= 0.6 is 27.5 Å². The van der Waals surface area contributed by atoms with Crippen LogP contribution in [0.15, 0.2) is 47.1 Å². The van der Waals surface area contributed by atoms with Crippen LogP contribution in [0.25, 0.3) is 0 Å². The summed E-state index contributed by atoms with van der Waals surface area (Å²) in [6, 6.07) is 12.7. The van der Waals surface area contributed by atoms with Crippen LogP contribution in [-0.2, 0) is 6.42 Å². The maximum atomic E-state index is 6.29. The summed E-state index contributed by atoms with van der Waals surface area (Å²) in [6.45, 7) is 2.07. The summed E-state index contributed by atoms with van der Waals surface area (Å²) in [5.74, 6) is 1.68. The molecule has 0 spiro atoms. The van der Waals surface area contributed by atoms with E-state index in [0.717, 1.165) is 34.3 Å². The molecule has 1 aliphatic heterocycles. The maximum Gasteiger partial charge on any atom is 0.147 e. The fourth-order valence-corrected chi connectivity index (χ4v) is 3.69. The Balaban J connectivity index is 1.60. The van der Waals surface area contributed by atoms with E-state index in [1.807, 2.05) is 12.3 Å². The van der Waals surface area contributed by atoms with E-state index in [9.17, 15) is 0 Å². The first-order chi connectivity index (χ1) is 10.2. The van der Waals surface area contributed by atoms with E-state index in [1.54, 1.807) is 0 Å². The minimum atomic E-state index is 0.728. The zero-order valence-corrected chi connectivity index (χ0v) is 14.1. The van der Waals surface area contributed by atoms with Crippen molar-refractivity contribution in [3.8, 4) is 0 Å². The van der Waals surface area contributed by atoms with E-state index in [2.05, 4.69) is 56.1 Å². The van der Waals surface area contributed by atoms with Crippen LogP contribution in [0.2, 0.25) is 5.02 Å². The molecule has 4 heteroatoms. The molecule has 2 heterocycles. The Kier molecular flexibility index (Phi) is 4.81. The number of hydrogen-bond acceptors (Lipinski definition) is 2. The molecule has 2 nitrogen and oxygen atoms in total. The van der Waals surface area contributed by atoms with Crippen molar-refractivity contribution in [3.05, 3.63) is 57.7 Å². The van der Waals surface area contributed by atoms with E-state index in [0.29, 0.717) is 0 Å². The summed E-state index contributed by atoms with van der Waals surface area (Å²) in [5, 5.41) is 0.728. The van der Waals surface area contributed by atoms with Gasteiger partial charge in [0.05, 0.1) is 5.02 Å². The number of aromatic nitrogens is 1. The van der Waals surface area contributed by atoms with Crippen molar-refractivity contribution in [3.63, 3.8) is 0 Å². The topological polar surface area (TPSA) is 16.1 Å². The summed E-state index contributed by atoms with van der Waals surface area (Å²) in [5.41, 5.74) is 1.44. The van der Waals surface area contributed by atoms with Gasteiger partial charge in [-0.3, -0.25) is 0 Å². The van der Waals surface area contributed by atoms with Crippen molar-refractivity contribution in [1.82, 2.24) is 4.98 Å². The average molecular weight is 366 g/mol. The number of rotatable bonds is 3. The number of piperidine rings is 1. The molecule has 0 saturated carbocycles. The van der Waals surface area contributed by atoms with Gasteiger partial charge in [0.1, 0.15) is 5.82 Å². The Morgan fingerprint density at radius 2 is 1.90 bits per heavy atom. The van der Waals surface area contributed by atoms with Crippen molar-refractivity contribution < 1.29 is 0 Å². The Bertz CT molecular complexity index is 595. The van der Waals surface area contributed by atoms with Gasteiger partial charge in [0.15, 0.2) is 0 Å². The summed E-state index contributed by atoms with van der Waals surface area (Å²) in [7, 11) is 0. The van der Waals surface area contributed by atoms with E-state index < -0.39 is 0 Å². The number of pyridine rings is 1. The minimum Gasteiger partial charge on any atom is -0.355 e. The molecule has 21 heavy (non-hydrogen) atoms. The minimum absolute atomic E-state index is 0.728. The van der Waals surface area contributed by atoms with Gasteiger partial charge >= 0.3 is 0 Å². The molecule has 110 valence electrons. The number of nitrogens with zero attached hydrogens (tertiary/aromatic N) is 2. The van der Waals surface area contributed by atoms with Gasteiger partial charge in [-0.05, 0) is 52.7 Å². The van der Waals surface area contributed by atoms with E-state index >= 15 is 0 Å². The Labute approximate surface area is 139 Å². The highest BCUT2D eigenvalue weighted by Crippen LogP contribution is 2.30. The second-order valence-electron chi connectivity index (χ2n) is 5.58. The van der Waals surface area contributed by atoms with E-state index in [1.165, 1.54) is 24.8 Å². The first-order valence-electron chi connectivity index (χ1n) is 7.32. The molecule has 0 N–H and O–H groups in total. The molecule has 1 saturated heterocycles. The molecular formula is C17H18BrClN2. The lowest BCUT2D eigenvalue weighted by molar-refractivity contribution is 0.402. The van der Waals surface area contributed by atoms with E-state index in [-0.39, 0.29) is 0 Å². The third kappa shape index (κ3) is 3.78. The van der Waals surface area contributed by atoms with Gasteiger partial charge in [0.25, 0.3) is 0 Å². The third-order valence-corrected chi connectivity index (χ3v) is 4.78. The highest BCUT2D eigenvalue weighted by Gasteiger charge is 2.21. The molecule has 1 aromatic carbocycles. The van der Waals surface area contributed by atoms with Gasteiger partial charge in [0.2, 0.25) is 0 Å². The average Bonchev–Trinajstić information content (AvgIpc) is 2.49. The molecular weight excluding hydrogens is 348 g/mol. The molecule has 1 aliphatic rings. The molecule has 3 rings (SSSR count). The van der Waals surface area contributed by atoms with Gasteiger partial charge in [-0.15, -0.1) is 0 Å². The lowest BCUT2D eigenvalue weighted by Gasteiger charge is -2.33. The van der Waals surface area contributed by atoms with Gasteiger partial charge < -0.3 is 4.90 Å². The maximum absolute atomic E-state index is 6.29. The predicted octanol–water partition coefficient (Wildman–Crippen LogP) is 4.96. The fraction of sp³-hybridized carbons (Fsp3) is 0.353. The van der Waals surface area contributed by atoms with Crippen LogP contribution < -0.4 is 4.90 Å². The number of anilines is 1. The van der Waals surface area contributed by atoms with Crippen LogP contribution in [0.4, 0.5) is 5.82 Å².